The molecule has 1 heterocycles. The Hall–Kier alpha value is -0.680. The molecule has 9 heteroatoms. The van der Waals surface area contributed by atoms with Gasteiger partial charge < -0.3 is 15.4 Å². The Morgan fingerprint density at radius 3 is 2.52 bits per heavy atom. The summed E-state index contributed by atoms with van der Waals surface area (Å²) in [6, 6.07) is 7.28. The summed E-state index contributed by atoms with van der Waals surface area (Å²) in [4.78, 5) is 4.57. The lowest BCUT2D eigenvalue weighted by Gasteiger charge is -2.14. The van der Waals surface area contributed by atoms with Crippen LogP contribution >= 0.6 is 35.7 Å². The first-order valence-corrected chi connectivity index (χ1v) is 9.87. The molecule has 4 nitrogen and oxygen atoms in total. The van der Waals surface area contributed by atoms with Crippen LogP contribution in [0.5, 0.6) is 0 Å². The Labute approximate surface area is 180 Å². The minimum atomic E-state index is -4.29. The van der Waals surface area contributed by atoms with E-state index in [2.05, 4.69) is 20.4 Å². The quantitative estimate of drug-likeness (QED) is 0.306. The molecule has 1 unspecified atom stereocenters. The van der Waals surface area contributed by atoms with Gasteiger partial charge in [0.05, 0.1) is 13.2 Å². The molecule has 1 saturated heterocycles. The predicted octanol–water partition coefficient (Wildman–Crippen LogP) is 4.33. The Kier molecular flexibility index (Phi) is 11.5. The second-order valence-corrected chi connectivity index (χ2v) is 7.54. The molecule has 0 amide bonds. The zero-order valence-corrected chi connectivity index (χ0v) is 18.5. The van der Waals surface area contributed by atoms with Crippen LogP contribution in [0.25, 0.3) is 0 Å². The maximum atomic E-state index is 12.1. The minimum Gasteiger partial charge on any atom is -0.367 e. The Balaban J connectivity index is 0.00000364. The van der Waals surface area contributed by atoms with Crippen LogP contribution in [0.3, 0.4) is 0 Å². The second-order valence-electron chi connectivity index (χ2n) is 6.14. The van der Waals surface area contributed by atoms with E-state index in [1.165, 1.54) is 18.6 Å². The smallest absolute Gasteiger partial charge is 0.367 e. The van der Waals surface area contributed by atoms with E-state index >= 15 is 0 Å². The molecule has 2 N–H and O–H groups in total. The zero-order valence-electron chi connectivity index (χ0n) is 15.3. The zero-order chi connectivity index (χ0) is 18.8. The van der Waals surface area contributed by atoms with Crippen molar-refractivity contribution in [1.82, 2.24) is 10.6 Å². The van der Waals surface area contributed by atoms with E-state index in [4.69, 9.17) is 0 Å². The molecule has 0 aliphatic carbocycles. The first kappa shape index (κ1) is 24.4. The van der Waals surface area contributed by atoms with Crippen molar-refractivity contribution in [3.8, 4) is 0 Å². The van der Waals surface area contributed by atoms with Gasteiger partial charge in [0.25, 0.3) is 0 Å². The number of alkyl halides is 3. The second kappa shape index (κ2) is 12.7. The van der Waals surface area contributed by atoms with Crippen LogP contribution < -0.4 is 10.6 Å². The predicted molar refractivity (Wildman–Crippen MR) is 116 cm³/mol. The van der Waals surface area contributed by atoms with E-state index in [9.17, 15) is 13.2 Å². The lowest BCUT2D eigenvalue weighted by Crippen LogP contribution is -2.40. The van der Waals surface area contributed by atoms with E-state index in [0.29, 0.717) is 17.4 Å². The van der Waals surface area contributed by atoms with Gasteiger partial charge in [0.2, 0.25) is 0 Å². The van der Waals surface area contributed by atoms with Crippen molar-refractivity contribution in [3.63, 3.8) is 0 Å². The first-order valence-electron chi connectivity index (χ1n) is 8.82. The summed E-state index contributed by atoms with van der Waals surface area (Å²) in [7, 11) is 0. The molecular formula is C18H27F3IN3OS. The summed E-state index contributed by atoms with van der Waals surface area (Å²) in [5, 5.41) is 7.26. The number of rotatable bonds is 8. The summed E-state index contributed by atoms with van der Waals surface area (Å²) < 4.78 is 40.9. The van der Waals surface area contributed by atoms with Gasteiger partial charge in [-0.1, -0.05) is 24.3 Å². The third-order valence-electron chi connectivity index (χ3n) is 3.84. The number of ether oxygens (including phenoxy) is 1. The fraction of sp³-hybridized carbons (Fsp3) is 0.611. The van der Waals surface area contributed by atoms with Gasteiger partial charge in [-0.3, -0.25) is 0 Å². The molecule has 1 aliphatic heterocycles. The van der Waals surface area contributed by atoms with E-state index < -0.39 is 12.8 Å². The fourth-order valence-corrected chi connectivity index (χ4v) is 3.75. The lowest BCUT2D eigenvalue weighted by molar-refractivity contribution is -0.176. The molecule has 0 aromatic heterocycles. The highest BCUT2D eigenvalue weighted by atomic mass is 127. The molecule has 0 bridgehead atoms. The molecule has 1 aromatic carbocycles. The van der Waals surface area contributed by atoms with Crippen LogP contribution in [0, 0.1) is 0 Å². The Morgan fingerprint density at radius 2 is 1.93 bits per heavy atom. The summed E-state index contributed by atoms with van der Waals surface area (Å²) in [6.07, 6.45) is -1.76. The van der Waals surface area contributed by atoms with Crippen molar-refractivity contribution in [3.05, 3.63) is 35.4 Å². The van der Waals surface area contributed by atoms with E-state index in [0.717, 1.165) is 24.6 Å². The van der Waals surface area contributed by atoms with Gasteiger partial charge in [-0.15, -0.1) is 24.0 Å². The SMILES string of the molecule is CCNC(=NCc1ccc(COCC(F)(F)F)cc1)NCC1CCCS1.I. The monoisotopic (exact) mass is 517 g/mol. The third kappa shape index (κ3) is 10.4. The Bertz CT molecular complexity index is 564. The number of nitrogens with one attached hydrogen (secondary N) is 2. The largest absolute Gasteiger partial charge is 0.411 e. The number of benzene rings is 1. The van der Waals surface area contributed by atoms with Crippen molar-refractivity contribution >= 4 is 41.7 Å². The lowest BCUT2D eigenvalue weighted by atomic mass is 10.1. The van der Waals surface area contributed by atoms with E-state index in [-0.39, 0.29) is 30.6 Å². The van der Waals surface area contributed by atoms with Crippen LogP contribution in [-0.4, -0.2) is 42.8 Å². The average molecular weight is 517 g/mol. The molecule has 1 atom stereocenters. The highest BCUT2D eigenvalue weighted by Crippen LogP contribution is 2.25. The molecular weight excluding hydrogens is 490 g/mol. The molecule has 1 aliphatic rings. The van der Waals surface area contributed by atoms with E-state index in [1.54, 1.807) is 12.1 Å². The molecule has 27 heavy (non-hydrogen) atoms. The van der Waals surface area contributed by atoms with Crippen LogP contribution in [0.1, 0.15) is 30.9 Å². The summed E-state index contributed by atoms with van der Waals surface area (Å²) in [5.74, 6) is 2.02. The van der Waals surface area contributed by atoms with Gasteiger partial charge in [0, 0.05) is 18.3 Å². The highest BCUT2D eigenvalue weighted by molar-refractivity contribution is 14.0. The van der Waals surface area contributed by atoms with Crippen molar-refractivity contribution < 1.29 is 17.9 Å². The maximum absolute atomic E-state index is 12.1. The summed E-state index contributed by atoms with van der Waals surface area (Å²) in [5.41, 5.74) is 1.71. The molecule has 0 spiro atoms. The van der Waals surface area contributed by atoms with Gasteiger partial charge in [0.1, 0.15) is 6.61 Å². The van der Waals surface area contributed by atoms with E-state index in [1.807, 2.05) is 30.8 Å². The number of hydrogen-bond acceptors (Lipinski definition) is 3. The van der Waals surface area contributed by atoms with Crippen LogP contribution in [-0.2, 0) is 17.9 Å². The highest BCUT2D eigenvalue weighted by Gasteiger charge is 2.27. The van der Waals surface area contributed by atoms with Crippen molar-refractivity contribution in [1.29, 1.82) is 0 Å². The van der Waals surface area contributed by atoms with Crippen LogP contribution in [0.4, 0.5) is 13.2 Å². The minimum absolute atomic E-state index is 0. The number of aliphatic imine (C=N–C) groups is 1. The molecule has 1 aromatic rings. The van der Waals surface area contributed by atoms with Gasteiger partial charge in [-0.25, -0.2) is 4.99 Å². The van der Waals surface area contributed by atoms with Gasteiger partial charge in [-0.2, -0.15) is 24.9 Å². The maximum Gasteiger partial charge on any atom is 0.411 e. The molecule has 0 saturated carbocycles. The number of thioether (sulfide) groups is 1. The van der Waals surface area contributed by atoms with Crippen molar-refractivity contribution in [2.45, 2.75) is 44.3 Å². The van der Waals surface area contributed by atoms with Crippen molar-refractivity contribution in [2.24, 2.45) is 4.99 Å². The average Bonchev–Trinajstić information content (AvgIpc) is 3.11. The molecule has 1 fully saturated rings. The van der Waals surface area contributed by atoms with Gasteiger partial charge >= 0.3 is 6.18 Å². The fourth-order valence-electron chi connectivity index (χ4n) is 2.55. The molecule has 0 radical (unpaired) electrons. The normalized spacial score (nSPS) is 17.5. The number of guanidine groups is 1. The first-order chi connectivity index (χ1) is 12.5. The summed E-state index contributed by atoms with van der Waals surface area (Å²) in [6.45, 7) is 2.96. The standard InChI is InChI=1S/C18H26F3N3OS.HI/c1-2-22-17(24-11-16-4-3-9-26-16)23-10-14-5-7-15(8-6-14)12-25-13-18(19,20)21;/h5-8,16H,2-4,9-13H2,1H3,(H2,22,23,24);1H. The number of hydrogen-bond donors (Lipinski definition) is 2. The third-order valence-corrected chi connectivity index (χ3v) is 5.24. The van der Waals surface area contributed by atoms with Crippen LogP contribution in [0.2, 0.25) is 0 Å². The molecule has 2 rings (SSSR count). The van der Waals surface area contributed by atoms with Gasteiger partial charge in [-0.05, 0) is 36.6 Å². The van der Waals surface area contributed by atoms with Gasteiger partial charge in [0.15, 0.2) is 5.96 Å². The van der Waals surface area contributed by atoms with Crippen molar-refractivity contribution in [2.75, 3.05) is 25.4 Å². The Morgan fingerprint density at radius 1 is 1.22 bits per heavy atom. The van der Waals surface area contributed by atoms with Crippen LogP contribution in [0.15, 0.2) is 29.3 Å². The topological polar surface area (TPSA) is 45.7 Å². The molecule has 154 valence electrons. The number of halogens is 4. The summed E-state index contributed by atoms with van der Waals surface area (Å²) >= 11 is 2.00. The number of nitrogens with zero attached hydrogens (tertiary/aromatic N) is 1.